The van der Waals surface area contributed by atoms with Crippen LogP contribution in [0, 0.1) is 6.92 Å². The number of urea groups is 1. The third kappa shape index (κ3) is 3.89. The lowest BCUT2D eigenvalue weighted by molar-refractivity contribution is 0.205. The predicted molar refractivity (Wildman–Crippen MR) is 90.3 cm³/mol. The predicted octanol–water partition coefficient (Wildman–Crippen LogP) is 1.69. The molecule has 0 radical (unpaired) electrons. The lowest BCUT2D eigenvalue weighted by Crippen LogP contribution is -2.37. The highest BCUT2D eigenvalue weighted by Crippen LogP contribution is 2.14. The molecule has 0 fully saturated rings. The standard InChI is InChI=1S/C16H21N7O/c1-12-4-5-13-14(10-12)20-15(19-13)11-22(2)16(24)17-6-3-8-23-9-7-18-21-23/h4-5,7,9-10H,3,6,8,11H2,1-2H3,(H,17,24)(H,19,20). The van der Waals surface area contributed by atoms with Gasteiger partial charge >= 0.3 is 6.03 Å². The van der Waals surface area contributed by atoms with E-state index >= 15 is 0 Å². The first-order chi connectivity index (χ1) is 11.6. The Morgan fingerprint density at radius 2 is 2.29 bits per heavy atom. The van der Waals surface area contributed by atoms with Gasteiger partial charge in [-0.25, -0.2) is 9.78 Å². The second-order valence-corrected chi connectivity index (χ2v) is 5.81. The molecule has 2 aromatic heterocycles. The number of amides is 2. The first-order valence-electron chi connectivity index (χ1n) is 7.90. The molecule has 2 N–H and O–H groups in total. The maximum atomic E-state index is 12.1. The summed E-state index contributed by atoms with van der Waals surface area (Å²) in [6, 6.07) is 5.94. The minimum absolute atomic E-state index is 0.120. The van der Waals surface area contributed by atoms with Crippen LogP contribution in [0.3, 0.4) is 0 Å². The maximum absolute atomic E-state index is 12.1. The summed E-state index contributed by atoms with van der Waals surface area (Å²) in [5.74, 6) is 0.774. The average Bonchev–Trinajstić information content (AvgIpc) is 3.19. The smallest absolute Gasteiger partial charge is 0.317 e. The first kappa shape index (κ1) is 16.0. The molecular weight excluding hydrogens is 306 g/mol. The van der Waals surface area contributed by atoms with Crippen LogP contribution in [0.15, 0.2) is 30.6 Å². The third-order valence-corrected chi connectivity index (χ3v) is 3.73. The normalized spacial score (nSPS) is 10.9. The van der Waals surface area contributed by atoms with Gasteiger partial charge in [-0.15, -0.1) is 5.10 Å². The molecule has 0 saturated heterocycles. The zero-order valence-corrected chi connectivity index (χ0v) is 13.9. The van der Waals surface area contributed by atoms with Gasteiger partial charge in [-0.05, 0) is 31.0 Å². The molecule has 0 spiro atoms. The molecule has 8 nitrogen and oxygen atoms in total. The highest BCUT2D eigenvalue weighted by molar-refractivity contribution is 5.76. The maximum Gasteiger partial charge on any atom is 0.317 e. The molecule has 3 rings (SSSR count). The highest BCUT2D eigenvalue weighted by Gasteiger charge is 2.11. The van der Waals surface area contributed by atoms with Crippen LogP contribution in [0.2, 0.25) is 0 Å². The number of hydrogen-bond acceptors (Lipinski definition) is 4. The molecule has 0 unspecified atom stereocenters. The molecule has 24 heavy (non-hydrogen) atoms. The molecule has 0 aliphatic rings. The van der Waals surface area contributed by atoms with Crippen LogP contribution in [0.5, 0.6) is 0 Å². The zero-order chi connectivity index (χ0) is 16.9. The van der Waals surface area contributed by atoms with E-state index < -0.39 is 0 Å². The van der Waals surface area contributed by atoms with E-state index in [1.807, 2.05) is 19.1 Å². The van der Waals surface area contributed by atoms with Crippen molar-refractivity contribution in [2.24, 2.45) is 0 Å². The molecule has 0 atom stereocenters. The zero-order valence-electron chi connectivity index (χ0n) is 13.9. The number of rotatable bonds is 6. The van der Waals surface area contributed by atoms with E-state index in [0.29, 0.717) is 13.1 Å². The van der Waals surface area contributed by atoms with Gasteiger partial charge < -0.3 is 15.2 Å². The summed E-state index contributed by atoms with van der Waals surface area (Å²) in [5, 5.41) is 10.5. The summed E-state index contributed by atoms with van der Waals surface area (Å²) < 4.78 is 1.74. The fourth-order valence-corrected chi connectivity index (χ4v) is 2.47. The number of aromatic amines is 1. The number of hydrogen-bond donors (Lipinski definition) is 2. The molecule has 2 heterocycles. The van der Waals surface area contributed by atoms with Gasteiger partial charge in [0.2, 0.25) is 0 Å². The monoisotopic (exact) mass is 327 g/mol. The topological polar surface area (TPSA) is 91.7 Å². The Kier molecular flexibility index (Phi) is 4.74. The van der Waals surface area contributed by atoms with Gasteiger partial charge in [-0.1, -0.05) is 11.3 Å². The summed E-state index contributed by atoms with van der Waals surface area (Å²) in [5.41, 5.74) is 3.08. The van der Waals surface area contributed by atoms with Crippen molar-refractivity contribution in [2.75, 3.05) is 13.6 Å². The van der Waals surface area contributed by atoms with Crippen LogP contribution in [0.4, 0.5) is 4.79 Å². The molecule has 8 heteroatoms. The molecule has 2 amide bonds. The largest absolute Gasteiger partial charge is 0.340 e. The summed E-state index contributed by atoms with van der Waals surface area (Å²) in [4.78, 5) is 21.5. The van der Waals surface area contributed by atoms with Gasteiger partial charge in [0.05, 0.1) is 23.8 Å². The highest BCUT2D eigenvalue weighted by atomic mass is 16.2. The van der Waals surface area contributed by atoms with E-state index in [0.717, 1.165) is 29.8 Å². The lowest BCUT2D eigenvalue weighted by Gasteiger charge is -2.16. The molecule has 0 aliphatic carbocycles. The molecule has 0 aliphatic heterocycles. The number of fused-ring (bicyclic) bond motifs is 1. The van der Waals surface area contributed by atoms with Crippen LogP contribution in [-0.2, 0) is 13.1 Å². The molecule has 126 valence electrons. The van der Waals surface area contributed by atoms with E-state index in [2.05, 4.69) is 31.7 Å². The van der Waals surface area contributed by atoms with Gasteiger partial charge in [0.25, 0.3) is 0 Å². The Hall–Kier alpha value is -2.90. The number of aromatic nitrogens is 5. The summed E-state index contributed by atoms with van der Waals surface area (Å²) in [7, 11) is 1.76. The number of nitrogens with one attached hydrogen (secondary N) is 2. The van der Waals surface area contributed by atoms with E-state index in [4.69, 9.17) is 0 Å². The molecular formula is C16H21N7O. The van der Waals surface area contributed by atoms with Crippen molar-refractivity contribution in [3.8, 4) is 0 Å². The van der Waals surface area contributed by atoms with Crippen molar-refractivity contribution in [3.05, 3.63) is 42.0 Å². The molecule has 1 aromatic carbocycles. The Balaban J connectivity index is 1.47. The Morgan fingerprint density at radius 3 is 3.08 bits per heavy atom. The number of imidazole rings is 1. The molecule has 0 saturated carbocycles. The van der Waals surface area contributed by atoms with E-state index in [1.54, 1.807) is 29.0 Å². The number of aryl methyl sites for hydroxylation is 2. The van der Waals surface area contributed by atoms with Gasteiger partial charge in [0.15, 0.2) is 0 Å². The molecule has 3 aromatic rings. The Labute approximate surface area is 139 Å². The van der Waals surface area contributed by atoms with Crippen molar-refractivity contribution < 1.29 is 4.79 Å². The fourth-order valence-electron chi connectivity index (χ4n) is 2.47. The van der Waals surface area contributed by atoms with Gasteiger partial charge in [0.1, 0.15) is 5.82 Å². The van der Waals surface area contributed by atoms with Crippen LogP contribution in [0.1, 0.15) is 17.8 Å². The summed E-state index contributed by atoms with van der Waals surface area (Å²) >= 11 is 0. The van der Waals surface area contributed by atoms with E-state index in [1.165, 1.54) is 5.56 Å². The minimum Gasteiger partial charge on any atom is -0.340 e. The fraction of sp³-hybridized carbons (Fsp3) is 0.375. The lowest BCUT2D eigenvalue weighted by atomic mass is 10.2. The number of H-pyrrole nitrogens is 1. The van der Waals surface area contributed by atoms with Crippen molar-refractivity contribution in [1.82, 2.24) is 35.2 Å². The number of carbonyl (C=O) groups is 1. The Morgan fingerprint density at radius 1 is 1.42 bits per heavy atom. The Bertz CT molecular complexity index is 809. The van der Waals surface area contributed by atoms with Crippen molar-refractivity contribution >= 4 is 17.1 Å². The number of benzene rings is 1. The molecule has 0 bridgehead atoms. The quantitative estimate of drug-likeness (QED) is 0.674. The summed E-state index contributed by atoms with van der Waals surface area (Å²) in [6.45, 7) is 3.79. The first-order valence-corrected chi connectivity index (χ1v) is 7.90. The second kappa shape index (κ2) is 7.12. The number of carbonyl (C=O) groups excluding carboxylic acids is 1. The van der Waals surface area contributed by atoms with Crippen molar-refractivity contribution in [3.63, 3.8) is 0 Å². The van der Waals surface area contributed by atoms with Crippen molar-refractivity contribution in [2.45, 2.75) is 26.4 Å². The second-order valence-electron chi connectivity index (χ2n) is 5.81. The van der Waals surface area contributed by atoms with Gasteiger partial charge in [-0.2, -0.15) is 0 Å². The minimum atomic E-state index is -0.120. The van der Waals surface area contributed by atoms with Gasteiger partial charge in [-0.3, -0.25) is 4.68 Å². The average molecular weight is 327 g/mol. The SMILES string of the molecule is Cc1ccc2nc(CN(C)C(=O)NCCCn3ccnn3)[nH]c2c1. The van der Waals surface area contributed by atoms with Crippen LogP contribution in [-0.4, -0.2) is 49.5 Å². The van der Waals surface area contributed by atoms with Gasteiger partial charge in [0, 0.05) is 26.3 Å². The van der Waals surface area contributed by atoms with Crippen molar-refractivity contribution in [1.29, 1.82) is 0 Å². The van der Waals surface area contributed by atoms with E-state index in [9.17, 15) is 4.79 Å². The van der Waals surface area contributed by atoms with Crippen LogP contribution < -0.4 is 5.32 Å². The van der Waals surface area contributed by atoms with Crippen LogP contribution >= 0.6 is 0 Å². The third-order valence-electron chi connectivity index (χ3n) is 3.73. The summed E-state index contributed by atoms with van der Waals surface area (Å²) in [6.07, 6.45) is 4.24. The van der Waals surface area contributed by atoms with E-state index in [-0.39, 0.29) is 6.03 Å². The van der Waals surface area contributed by atoms with Crippen LogP contribution in [0.25, 0.3) is 11.0 Å². The number of nitrogens with zero attached hydrogens (tertiary/aromatic N) is 5.